The lowest BCUT2D eigenvalue weighted by atomic mass is 10.1. The molecule has 0 spiro atoms. The van der Waals surface area contributed by atoms with Crippen molar-refractivity contribution in [2.24, 2.45) is 0 Å². The molecule has 0 saturated carbocycles. The van der Waals surface area contributed by atoms with Gasteiger partial charge in [0, 0.05) is 6.20 Å². The van der Waals surface area contributed by atoms with Crippen LogP contribution in [0.5, 0.6) is 0 Å². The molecule has 0 bridgehead atoms. The highest BCUT2D eigenvalue weighted by Gasteiger charge is 2.32. The van der Waals surface area contributed by atoms with Crippen molar-refractivity contribution in [3.05, 3.63) is 41.1 Å². The number of hydrogen-bond donors (Lipinski definition) is 0. The minimum absolute atomic E-state index is 0.107. The fraction of sp³-hybridized carbons (Fsp3) is 0.0769. The zero-order chi connectivity index (χ0) is 15.2. The molecule has 0 unspecified atom stereocenters. The second-order valence-electron chi connectivity index (χ2n) is 4.14. The number of hydrogen-bond acceptors (Lipinski definition) is 5. The minimum Gasteiger partial charge on any atom is -0.544 e. The first-order chi connectivity index (χ1) is 9.88. The fourth-order valence-corrected chi connectivity index (χ4v) is 2.97. The maximum Gasteiger partial charge on any atom is 0.417 e. The number of rotatable bonds is 2. The average Bonchev–Trinajstić information content (AvgIpc) is 3.03. The molecule has 3 heterocycles. The van der Waals surface area contributed by atoms with Crippen LogP contribution in [0.2, 0.25) is 0 Å². The molecule has 0 saturated heterocycles. The summed E-state index contributed by atoms with van der Waals surface area (Å²) in [4.78, 5) is 14.7. The van der Waals surface area contributed by atoms with Crippen molar-refractivity contribution in [2.45, 2.75) is 6.18 Å². The lowest BCUT2D eigenvalue weighted by Gasteiger charge is -2.05. The number of carboxylic acids is 1. The number of carbonyl (C=O) groups excluding carboxylic acids is 1. The Morgan fingerprint density at radius 1 is 1.38 bits per heavy atom. The first-order valence-electron chi connectivity index (χ1n) is 5.63. The van der Waals surface area contributed by atoms with Gasteiger partial charge in [0.1, 0.15) is 5.76 Å². The van der Waals surface area contributed by atoms with Gasteiger partial charge in [-0.1, -0.05) is 0 Å². The summed E-state index contributed by atoms with van der Waals surface area (Å²) < 4.78 is 43.3. The summed E-state index contributed by atoms with van der Waals surface area (Å²) in [6.45, 7) is 0. The molecule has 8 heteroatoms. The first kappa shape index (κ1) is 13.6. The van der Waals surface area contributed by atoms with E-state index in [0.717, 1.165) is 6.07 Å². The number of carbonyl (C=O) groups is 1. The number of halogens is 3. The number of aromatic nitrogens is 1. The Balaban J connectivity index is 2.31. The number of alkyl halides is 3. The van der Waals surface area contributed by atoms with Gasteiger partial charge in [-0.2, -0.15) is 13.2 Å². The molecule has 3 rings (SSSR count). The zero-order valence-electron chi connectivity index (χ0n) is 10.1. The fourth-order valence-electron chi connectivity index (χ4n) is 1.93. The zero-order valence-corrected chi connectivity index (χ0v) is 10.9. The van der Waals surface area contributed by atoms with Gasteiger partial charge in [-0.3, -0.25) is 4.98 Å². The number of carboxylic acid groups (broad SMARTS) is 1. The molecule has 0 aliphatic carbocycles. The van der Waals surface area contributed by atoms with Crippen molar-refractivity contribution in [3.63, 3.8) is 0 Å². The largest absolute Gasteiger partial charge is 0.544 e. The highest BCUT2D eigenvalue weighted by molar-refractivity contribution is 7.21. The Morgan fingerprint density at radius 2 is 2.14 bits per heavy atom. The van der Waals surface area contributed by atoms with Crippen molar-refractivity contribution >= 4 is 27.5 Å². The predicted octanol–water partition coefficient (Wildman–Crippen LogP) is 2.94. The molecule has 0 aromatic carbocycles. The third-order valence-electron chi connectivity index (χ3n) is 2.81. The molecule has 21 heavy (non-hydrogen) atoms. The van der Waals surface area contributed by atoms with Gasteiger partial charge >= 0.3 is 6.18 Å². The highest BCUT2D eigenvalue weighted by atomic mass is 32.1. The minimum atomic E-state index is -4.54. The van der Waals surface area contributed by atoms with Gasteiger partial charge in [0.2, 0.25) is 0 Å². The topological polar surface area (TPSA) is 66.2 Å². The summed E-state index contributed by atoms with van der Waals surface area (Å²) in [5, 5.41) is 11.2. The van der Waals surface area contributed by atoms with Gasteiger partial charge < -0.3 is 14.3 Å². The van der Waals surface area contributed by atoms with Crippen molar-refractivity contribution < 1.29 is 27.5 Å². The molecular weight excluding hydrogens is 307 g/mol. The molecule has 0 aliphatic heterocycles. The van der Waals surface area contributed by atoms with Crippen LogP contribution in [0.15, 0.2) is 35.1 Å². The Morgan fingerprint density at radius 3 is 2.71 bits per heavy atom. The van der Waals surface area contributed by atoms with Crippen molar-refractivity contribution in [1.82, 2.24) is 4.98 Å². The predicted molar refractivity (Wildman–Crippen MR) is 66.7 cm³/mol. The smallest absolute Gasteiger partial charge is 0.417 e. The van der Waals surface area contributed by atoms with Gasteiger partial charge in [-0.05, 0) is 18.2 Å². The molecule has 0 aliphatic rings. The van der Waals surface area contributed by atoms with E-state index in [0.29, 0.717) is 17.5 Å². The third kappa shape index (κ3) is 2.27. The third-order valence-corrected chi connectivity index (χ3v) is 3.91. The van der Waals surface area contributed by atoms with E-state index < -0.39 is 17.7 Å². The number of fused-ring (bicyclic) bond motifs is 1. The number of nitrogens with zero attached hydrogens (tertiary/aromatic N) is 1. The standard InChI is InChI=1S/C13H6F3NO3S/c14-13(15,16)6-4-8-10(17-5-6)9(7-2-1-3-20-7)11(21-8)12(18)19/h1-5H,(H,18,19)/p-1. The molecule has 3 aromatic heterocycles. The number of furan rings is 1. The normalized spacial score (nSPS) is 12.0. The van der Waals surface area contributed by atoms with E-state index in [-0.39, 0.29) is 26.4 Å². The molecule has 0 amide bonds. The summed E-state index contributed by atoms with van der Waals surface area (Å²) in [6.07, 6.45) is -2.54. The van der Waals surface area contributed by atoms with E-state index in [1.807, 2.05) is 0 Å². The van der Waals surface area contributed by atoms with E-state index in [4.69, 9.17) is 4.42 Å². The number of thiophene rings is 1. The molecule has 3 aromatic rings. The Kier molecular flexibility index (Phi) is 2.98. The summed E-state index contributed by atoms with van der Waals surface area (Å²) in [5.41, 5.74) is -0.664. The monoisotopic (exact) mass is 312 g/mol. The van der Waals surface area contributed by atoms with Gasteiger partial charge in [0.25, 0.3) is 0 Å². The Bertz CT molecular complexity index is 821. The van der Waals surface area contributed by atoms with Crippen molar-refractivity contribution in [1.29, 1.82) is 0 Å². The van der Waals surface area contributed by atoms with Crippen LogP contribution in [0.25, 0.3) is 21.5 Å². The summed E-state index contributed by atoms with van der Waals surface area (Å²) in [5.74, 6) is -1.27. The molecule has 0 N–H and O–H groups in total. The van der Waals surface area contributed by atoms with E-state index in [9.17, 15) is 23.1 Å². The molecule has 108 valence electrons. The van der Waals surface area contributed by atoms with Gasteiger partial charge in [0.05, 0.1) is 38.5 Å². The van der Waals surface area contributed by atoms with Crippen LogP contribution in [0.3, 0.4) is 0 Å². The van der Waals surface area contributed by atoms with E-state index in [1.165, 1.54) is 12.3 Å². The average molecular weight is 312 g/mol. The maximum atomic E-state index is 12.7. The lowest BCUT2D eigenvalue weighted by Crippen LogP contribution is -2.21. The quantitative estimate of drug-likeness (QED) is 0.729. The maximum absolute atomic E-state index is 12.7. The molecule has 0 atom stereocenters. The van der Waals surface area contributed by atoms with Crippen LogP contribution < -0.4 is 5.11 Å². The molecule has 4 nitrogen and oxygen atoms in total. The van der Waals surface area contributed by atoms with Crippen molar-refractivity contribution in [3.8, 4) is 11.3 Å². The van der Waals surface area contributed by atoms with Crippen LogP contribution in [0, 0.1) is 0 Å². The van der Waals surface area contributed by atoms with E-state index in [2.05, 4.69) is 4.98 Å². The second kappa shape index (κ2) is 4.59. The Labute approximate surface area is 119 Å². The van der Waals surface area contributed by atoms with Crippen LogP contribution in [-0.4, -0.2) is 11.0 Å². The molecular formula is C13H5F3NO3S-. The van der Waals surface area contributed by atoms with E-state index >= 15 is 0 Å². The van der Waals surface area contributed by atoms with E-state index in [1.54, 1.807) is 6.07 Å². The van der Waals surface area contributed by atoms with Gasteiger partial charge in [-0.25, -0.2) is 0 Å². The lowest BCUT2D eigenvalue weighted by molar-refractivity contribution is -0.254. The second-order valence-corrected chi connectivity index (χ2v) is 5.19. The number of aromatic carboxylic acids is 1. The van der Waals surface area contributed by atoms with Crippen LogP contribution >= 0.6 is 11.3 Å². The van der Waals surface area contributed by atoms with Gasteiger partial charge in [0.15, 0.2) is 0 Å². The molecule has 0 radical (unpaired) electrons. The summed E-state index contributed by atoms with van der Waals surface area (Å²) >= 11 is 0.676. The number of pyridine rings is 1. The highest BCUT2D eigenvalue weighted by Crippen LogP contribution is 2.40. The summed E-state index contributed by atoms with van der Waals surface area (Å²) in [7, 11) is 0. The summed E-state index contributed by atoms with van der Waals surface area (Å²) in [6, 6.07) is 3.92. The van der Waals surface area contributed by atoms with Crippen LogP contribution in [0.1, 0.15) is 15.2 Å². The van der Waals surface area contributed by atoms with Crippen LogP contribution in [0.4, 0.5) is 13.2 Å². The Hall–Kier alpha value is -2.35. The van der Waals surface area contributed by atoms with Gasteiger partial charge in [-0.15, -0.1) is 11.3 Å². The molecule has 0 fully saturated rings. The van der Waals surface area contributed by atoms with Crippen molar-refractivity contribution in [2.75, 3.05) is 0 Å². The SMILES string of the molecule is O=C([O-])c1sc2cc(C(F)(F)F)cnc2c1-c1ccco1. The first-order valence-corrected chi connectivity index (χ1v) is 6.44. The van der Waals surface area contributed by atoms with Crippen LogP contribution in [-0.2, 0) is 6.18 Å².